The highest BCUT2D eigenvalue weighted by Crippen LogP contribution is 2.42. The molecule has 2 aliphatic rings. The fourth-order valence-corrected chi connectivity index (χ4v) is 5.01. The van der Waals surface area contributed by atoms with E-state index in [1.54, 1.807) is 11.3 Å². The van der Waals surface area contributed by atoms with Crippen LogP contribution in [0.1, 0.15) is 59.2 Å². The molecule has 2 heterocycles. The van der Waals surface area contributed by atoms with Crippen LogP contribution in [-0.4, -0.2) is 19.1 Å². The number of nitrogens with one attached hydrogen (secondary N) is 2. The van der Waals surface area contributed by atoms with Crippen LogP contribution < -0.4 is 20.1 Å². The van der Waals surface area contributed by atoms with Crippen LogP contribution in [0, 0.1) is 0 Å². The van der Waals surface area contributed by atoms with E-state index in [0.717, 1.165) is 34.7 Å². The first-order valence-electron chi connectivity index (χ1n) is 9.32. The first-order chi connectivity index (χ1) is 12.7. The van der Waals surface area contributed by atoms with E-state index in [-0.39, 0.29) is 12.1 Å². The van der Waals surface area contributed by atoms with Crippen molar-refractivity contribution in [2.45, 2.75) is 45.7 Å². The summed E-state index contributed by atoms with van der Waals surface area (Å²) in [6.07, 6.45) is 4.23. The summed E-state index contributed by atoms with van der Waals surface area (Å²) in [6, 6.07) is 5.83. The average molecular weight is 372 g/mol. The Labute approximate surface area is 157 Å². The molecule has 1 aromatic heterocycles. The quantitative estimate of drug-likeness (QED) is 0.822. The van der Waals surface area contributed by atoms with Crippen molar-refractivity contribution in [3.63, 3.8) is 0 Å². The number of rotatable bonds is 5. The van der Waals surface area contributed by atoms with Crippen LogP contribution in [-0.2, 0) is 12.8 Å². The zero-order valence-corrected chi connectivity index (χ0v) is 16.0. The molecule has 1 aliphatic carbocycles. The van der Waals surface area contributed by atoms with Crippen LogP contribution in [0.4, 0.5) is 5.00 Å². The number of amides is 1. The Morgan fingerprint density at radius 3 is 2.65 bits per heavy atom. The first-order valence-corrected chi connectivity index (χ1v) is 10.1. The number of ether oxygens (including phenoxy) is 2. The van der Waals surface area contributed by atoms with Gasteiger partial charge in [-0.2, -0.15) is 0 Å². The molecule has 1 unspecified atom stereocenters. The van der Waals surface area contributed by atoms with Crippen LogP contribution in [0.25, 0.3) is 0 Å². The van der Waals surface area contributed by atoms with Crippen molar-refractivity contribution in [1.29, 1.82) is 0 Å². The highest BCUT2D eigenvalue weighted by molar-refractivity contribution is 7.16. The lowest BCUT2D eigenvalue weighted by Crippen LogP contribution is -2.38. The van der Waals surface area contributed by atoms with Crippen LogP contribution >= 0.6 is 11.3 Å². The molecule has 1 amide bonds. The Hall–Kier alpha value is -2.21. The van der Waals surface area contributed by atoms with Gasteiger partial charge >= 0.3 is 0 Å². The molecular weight excluding hydrogens is 348 g/mol. The van der Waals surface area contributed by atoms with Gasteiger partial charge in [0.15, 0.2) is 11.5 Å². The summed E-state index contributed by atoms with van der Waals surface area (Å²) in [5.41, 5.74) is 3.07. The number of aryl methyl sites for hydroxylation is 1. The van der Waals surface area contributed by atoms with E-state index >= 15 is 0 Å². The van der Waals surface area contributed by atoms with Gasteiger partial charge in [0.1, 0.15) is 11.2 Å². The molecule has 0 saturated heterocycles. The number of fused-ring (bicyclic) bond motifs is 3. The lowest BCUT2D eigenvalue weighted by atomic mass is 9.94. The second kappa shape index (κ2) is 7.19. The fourth-order valence-electron chi connectivity index (χ4n) is 3.69. The number of benzene rings is 1. The van der Waals surface area contributed by atoms with E-state index in [1.165, 1.54) is 23.3 Å². The van der Waals surface area contributed by atoms with Gasteiger partial charge in [-0.15, -0.1) is 11.3 Å². The van der Waals surface area contributed by atoms with Crippen LogP contribution in [0.2, 0.25) is 0 Å². The Balaban J connectivity index is 1.64. The maximum atomic E-state index is 12.8. The van der Waals surface area contributed by atoms with E-state index in [1.807, 2.05) is 32.0 Å². The molecule has 6 heteroatoms. The highest BCUT2D eigenvalue weighted by atomic mass is 32.1. The van der Waals surface area contributed by atoms with Gasteiger partial charge in [-0.3, -0.25) is 4.79 Å². The SMILES string of the molecule is CCOc1ccc(C2NC(=O)c3c(sc4c3CCCC4)N2)cc1OCC. The molecule has 0 fully saturated rings. The van der Waals surface area contributed by atoms with Gasteiger partial charge in [-0.05, 0) is 62.8 Å². The van der Waals surface area contributed by atoms with Gasteiger partial charge in [0, 0.05) is 4.88 Å². The van der Waals surface area contributed by atoms with E-state index in [4.69, 9.17) is 9.47 Å². The summed E-state index contributed by atoms with van der Waals surface area (Å²) in [6.45, 7) is 5.05. The molecule has 0 radical (unpaired) electrons. The summed E-state index contributed by atoms with van der Waals surface area (Å²) >= 11 is 1.74. The van der Waals surface area contributed by atoms with Gasteiger partial charge in [0.2, 0.25) is 0 Å². The zero-order chi connectivity index (χ0) is 18.1. The van der Waals surface area contributed by atoms with Crippen molar-refractivity contribution in [2.24, 2.45) is 0 Å². The normalized spacial score (nSPS) is 18.4. The maximum Gasteiger partial charge on any atom is 0.256 e. The van der Waals surface area contributed by atoms with Gasteiger partial charge in [0.25, 0.3) is 5.91 Å². The van der Waals surface area contributed by atoms with Crippen LogP contribution in [0.3, 0.4) is 0 Å². The topological polar surface area (TPSA) is 59.6 Å². The molecular formula is C20H24N2O3S. The zero-order valence-electron chi connectivity index (χ0n) is 15.2. The minimum absolute atomic E-state index is 0.0231. The Kier molecular flexibility index (Phi) is 4.76. The predicted molar refractivity (Wildman–Crippen MR) is 104 cm³/mol. The van der Waals surface area contributed by atoms with Crippen molar-refractivity contribution in [1.82, 2.24) is 5.32 Å². The number of anilines is 1. The summed E-state index contributed by atoms with van der Waals surface area (Å²) in [5, 5.41) is 7.62. The molecule has 0 saturated carbocycles. The fraction of sp³-hybridized carbons (Fsp3) is 0.450. The predicted octanol–water partition coefficient (Wildman–Crippen LogP) is 4.28. The molecule has 2 N–H and O–H groups in total. The van der Waals surface area contributed by atoms with Crippen molar-refractivity contribution in [3.8, 4) is 11.5 Å². The van der Waals surface area contributed by atoms with Gasteiger partial charge in [-0.25, -0.2) is 0 Å². The van der Waals surface area contributed by atoms with E-state index in [2.05, 4.69) is 10.6 Å². The van der Waals surface area contributed by atoms with E-state index in [9.17, 15) is 4.79 Å². The maximum absolute atomic E-state index is 12.8. The van der Waals surface area contributed by atoms with Crippen molar-refractivity contribution in [3.05, 3.63) is 39.8 Å². The summed E-state index contributed by atoms with van der Waals surface area (Å²) in [7, 11) is 0. The number of hydrogen-bond donors (Lipinski definition) is 2. The third kappa shape index (κ3) is 3.03. The summed E-state index contributed by atoms with van der Waals surface area (Å²) in [5.74, 6) is 1.46. The molecule has 0 bridgehead atoms. The van der Waals surface area contributed by atoms with Gasteiger partial charge in [-0.1, -0.05) is 6.07 Å². The summed E-state index contributed by atoms with van der Waals surface area (Å²) in [4.78, 5) is 14.1. The molecule has 1 atom stereocenters. The minimum Gasteiger partial charge on any atom is -0.490 e. The van der Waals surface area contributed by atoms with Crippen LogP contribution in [0.5, 0.6) is 11.5 Å². The number of carbonyl (C=O) groups excluding carboxylic acids is 1. The van der Waals surface area contributed by atoms with Gasteiger partial charge < -0.3 is 20.1 Å². The Bertz CT molecular complexity index is 831. The largest absolute Gasteiger partial charge is 0.490 e. The molecule has 4 rings (SSSR count). The minimum atomic E-state index is -0.259. The lowest BCUT2D eigenvalue weighted by molar-refractivity contribution is 0.0935. The second-order valence-corrected chi connectivity index (χ2v) is 7.64. The average Bonchev–Trinajstić information content (AvgIpc) is 3.02. The second-order valence-electron chi connectivity index (χ2n) is 6.54. The molecule has 5 nitrogen and oxygen atoms in total. The van der Waals surface area contributed by atoms with E-state index in [0.29, 0.717) is 19.0 Å². The smallest absolute Gasteiger partial charge is 0.256 e. The third-order valence-electron chi connectivity index (χ3n) is 4.85. The molecule has 1 aliphatic heterocycles. The van der Waals surface area contributed by atoms with Crippen LogP contribution in [0.15, 0.2) is 18.2 Å². The molecule has 2 aromatic rings. The monoisotopic (exact) mass is 372 g/mol. The molecule has 26 heavy (non-hydrogen) atoms. The highest BCUT2D eigenvalue weighted by Gasteiger charge is 2.32. The van der Waals surface area contributed by atoms with Gasteiger partial charge in [0.05, 0.1) is 18.8 Å². The Morgan fingerprint density at radius 1 is 1.08 bits per heavy atom. The molecule has 138 valence electrons. The number of thiophene rings is 1. The van der Waals surface area contributed by atoms with E-state index < -0.39 is 0 Å². The van der Waals surface area contributed by atoms with Crippen molar-refractivity contribution in [2.75, 3.05) is 18.5 Å². The van der Waals surface area contributed by atoms with Crippen molar-refractivity contribution >= 4 is 22.2 Å². The first kappa shape index (κ1) is 17.2. The number of carbonyl (C=O) groups is 1. The summed E-state index contributed by atoms with van der Waals surface area (Å²) < 4.78 is 11.4. The van der Waals surface area contributed by atoms with Crippen molar-refractivity contribution < 1.29 is 14.3 Å². The standard InChI is InChI=1S/C20H24N2O3S/c1-3-24-14-10-9-12(11-15(14)25-4-2)18-21-19(23)17-13-7-5-6-8-16(13)26-20(17)22-18/h9-11,18,22H,3-8H2,1-2H3,(H,21,23). The lowest BCUT2D eigenvalue weighted by Gasteiger charge is -2.27. The number of hydrogen-bond acceptors (Lipinski definition) is 5. The molecule has 1 aromatic carbocycles. The third-order valence-corrected chi connectivity index (χ3v) is 6.07. The molecule has 0 spiro atoms. The Morgan fingerprint density at radius 2 is 1.85 bits per heavy atom.